The van der Waals surface area contributed by atoms with Crippen molar-refractivity contribution >= 4 is 12.0 Å². The zero-order valence-electron chi connectivity index (χ0n) is 11.9. The molecule has 1 heterocycles. The highest BCUT2D eigenvalue weighted by atomic mass is 16.4. The second kappa shape index (κ2) is 5.79. The molecule has 0 unspecified atom stereocenters. The van der Waals surface area contributed by atoms with Crippen molar-refractivity contribution in [3.05, 3.63) is 23.7 Å². The number of hydrogen-bond donors (Lipinski definition) is 2. The monoisotopic (exact) mass is 292 g/mol. The van der Waals surface area contributed by atoms with Crippen LogP contribution < -0.4 is 5.32 Å². The Morgan fingerprint density at radius 3 is 2.29 bits per heavy atom. The van der Waals surface area contributed by atoms with E-state index < -0.39 is 5.97 Å². The minimum absolute atomic E-state index is 0.0814. The smallest absolute Gasteiger partial charge is 0.371 e. The van der Waals surface area contributed by atoms with E-state index in [0.717, 1.165) is 13.1 Å². The van der Waals surface area contributed by atoms with Crippen LogP contribution in [0.15, 0.2) is 16.5 Å². The Hall–Kier alpha value is -1.98. The molecule has 1 aromatic heterocycles. The van der Waals surface area contributed by atoms with Gasteiger partial charge in [-0.25, -0.2) is 9.59 Å². The van der Waals surface area contributed by atoms with Gasteiger partial charge in [-0.2, -0.15) is 0 Å². The Morgan fingerprint density at radius 1 is 1.19 bits per heavy atom. The van der Waals surface area contributed by atoms with Gasteiger partial charge in [0.25, 0.3) is 0 Å². The Labute approximate surface area is 123 Å². The maximum absolute atomic E-state index is 12.2. The molecular formula is C15H20N2O4. The predicted molar refractivity (Wildman–Crippen MR) is 74.9 cm³/mol. The first-order chi connectivity index (χ1) is 10.1. The van der Waals surface area contributed by atoms with Crippen LogP contribution in [0.2, 0.25) is 0 Å². The molecule has 0 bridgehead atoms. The fourth-order valence-electron chi connectivity index (χ4n) is 2.33. The molecule has 2 aliphatic rings. The van der Waals surface area contributed by atoms with Crippen molar-refractivity contribution in [1.82, 2.24) is 10.2 Å². The molecule has 3 rings (SSSR count). The van der Waals surface area contributed by atoms with Crippen molar-refractivity contribution < 1.29 is 19.1 Å². The summed E-state index contributed by atoms with van der Waals surface area (Å²) in [7, 11) is 0. The van der Waals surface area contributed by atoms with E-state index in [1.165, 1.54) is 31.7 Å². The second-order valence-electron chi connectivity index (χ2n) is 6.02. The van der Waals surface area contributed by atoms with Crippen LogP contribution in [0.5, 0.6) is 0 Å². The van der Waals surface area contributed by atoms with Gasteiger partial charge < -0.3 is 19.7 Å². The molecule has 2 fully saturated rings. The summed E-state index contributed by atoms with van der Waals surface area (Å²) in [6, 6.07) is 2.90. The van der Waals surface area contributed by atoms with Crippen LogP contribution in [0.25, 0.3) is 0 Å². The van der Waals surface area contributed by atoms with E-state index in [0.29, 0.717) is 17.6 Å². The van der Waals surface area contributed by atoms with Crippen molar-refractivity contribution in [3.63, 3.8) is 0 Å². The SMILES string of the molecule is O=C(O)c1ccc(CNC(=O)N(CC2CC2)CC2CC2)o1. The third-order valence-corrected chi connectivity index (χ3v) is 3.92. The number of carbonyl (C=O) groups excluding carboxylic acids is 1. The average molecular weight is 292 g/mol. The topological polar surface area (TPSA) is 82.8 Å². The fourth-order valence-corrected chi connectivity index (χ4v) is 2.33. The van der Waals surface area contributed by atoms with Gasteiger partial charge in [-0.1, -0.05) is 0 Å². The predicted octanol–water partition coefficient (Wildman–Crippen LogP) is 2.31. The number of furan rings is 1. The molecule has 0 aromatic carbocycles. The summed E-state index contributed by atoms with van der Waals surface area (Å²) in [4.78, 5) is 24.9. The van der Waals surface area contributed by atoms with E-state index in [4.69, 9.17) is 9.52 Å². The van der Waals surface area contributed by atoms with E-state index in [1.54, 1.807) is 6.07 Å². The summed E-state index contributed by atoms with van der Waals surface area (Å²) in [5, 5.41) is 11.6. The number of nitrogens with one attached hydrogen (secondary N) is 1. The van der Waals surface area contributed by atoms with E-state index in [2.05, 4.69) is 5.32 Å². The standard InChI is InChI=1S/C15H20N2O4/c18-14(19)13-6-5-12(21-13)7-16-15(20)17(8-10-1-2-10)9-11-3-4-11/h5-6,10-11H,1-4,7-9H2,(H,16,20)(H,18,19). The molecule has 1 aromatic rings. The van der Waals surface area contributed by atoms with Crippen LogP contribution in [-0.2, 0) is 6.54 Å². The van der Waals surface area contributed by atoms with E-state index in [-0.39, 0.29) is 18.3 Å². The van der Waals surface area contributed by atoms with Gasteiger partial charge in [0, 0.05) is 13.1 Å². The number of aromatic carboxylic acids is 1. The third kappa shape index (κ3) is 4.00. The number of carboxylic acid groups (broad SMARTS) is 1. The lowest BCUT2D eigenvalue weighted by Crippen LogP contribution is -2.41. The molecular weight excluding hydrogens is 272 g/mol. The van der Waals surface area contributed by atoms with Crippen LogP contribution in [-0.4, -0.2) is 35.1 Å². The fraction of sp³-hybridized carbons (Fsp3) is 0.600. The number of rotatable bonds is 7. The van der Waals surface area contributed by atoms with Gasteiger partial charge in [0.15, 0.2) is 0 Å². The van der Waals surface area contributed by atoms with Crippen molar-refractivity contribution in [3.8, 4) is 0 Å². The molecule has 21 heavy (non-hydrogen) atoms. The summed E-state index contributed by atoms with van der Waals surface area (Å²) in [5.74, 6) is 0.579. The Bertz CT molecular complexity index is 518. The maximum Gasteiger partial charge on any atom is 0.371 e. The zero-order valence-corrected chi connectivity index (χ0v) is 11.9. The number of hydrogen-bond acceptors (Lipinski definition) is 3. The summed E-state index contributed by atoms with van der Waals surface area (Å²) in [6.45, 7) is 1.89. The summed E-state index contributed by atoms with van der Waals surface area (Å²) in [6.07, 6.45) is 4.87. The normalized spacial score (nSPS) is 17.5. The highest BCUT2D eigenvalue weighted by molar-refractivity contribution is 5.84. The average Bonchev–Trinajstić information content (AvgIpc) is 3.37. The number of carbonyl (C=O) groups is 2. The molecule has 0 spiro atoms. The van der Waals surface area contributed by atoms with Gasteiger partial charge in [-0.05, 0) is 49.7 Å². The van der Waals surface area contributed by atoms with Crippen molar-refractivity contribution in [2.24, 2.45) is 11.8 Å². The summed E-state index contributed by atoms with van der Waals surface area (Å²) >= 11 is 0. The van der Waals surface area contributed by atoms with Crippen LogP contribution in [0, 0.1) is 11.8 Å². The number of nitrogens with zero attached hydrogens (tertiary/aromatic N) is 1. The van der Waals surface area contributed by atoms with Gasteiger partial charge in [-0.3, -0.25) is 0 Å². The van der Waals surface area contributed by atoms with E-state index in [1.807, 2.05) is 4.90 Å². The maximum atomic E-state index is 12.2. The molecule has 0 radical (unpaired) electrons. The van der Waals surface area contributed by atoms with Gasteiger partial charge in [0.1, 0.15) is 5.76 Å². The molecule has 0 aliphatic heterocycles. The lowest BCUT2D eigenvalue weighted by atomic mass is 10.3. The van der Waals surface area contributed by atoms with Gasteiger partial charge in [0.05, 0.1) is 6.54 Å². The molecule has 2 aliphatic carbocycles. The van der Waals surface area contributed by atoms with Crippen molar-refractivity contribution in [2.75, 3.05) is 13.1 Å². The van der Waals surface area contributed by atoms with Crippen LogP contribution in [0.3, 0.4) is 0 Å². The second-order valence-corrected chi connectivity index (χ2v) is 6.02. The third-order valence-electron chi connectivity index (χ3n) is 3.92. The lowest BCUT2D eigenvalue weighted by molar-refractivity contribution is 0.0660. The first-order valence-electron chi connectivity index (χ1n) is 7.46. The molecule has 6 nitrogen and oxygen atoms in total. The lowest BCUT2D eigenvalue weighted by Gasteiger charge is -2.22. The van der Waals surface area contributed by atoms with Gasteiger partial charge in [0.2, 0.25) is 5.76 Å². The Balaban J connectivity index is 1.51. The molecule has 6 heteroatoms. The molecule has 2 N–H and O–H groups in total. The van der Waals surface area contributed by atoms with Crippen molar-refractivity contribution in [2.45, 2.75) is 32.2 Å². The highest BCUT2D eigenvalue weighted by Gasteiger charge is 2.31. The van der Waals surface area contributed by atoms with E-state index >= 15 is 0 Å². The minimum atomic E-state index is -1.10. The number of carboxylic acids is 1. The Kier molecular flexibility index (Phi) is 3.86. The number of amides is 2. The number of urea groups is 1. The van der Waals surface area contributed by atoms with Crippen LogP contribution in [0.4, 0.5) is 4.79 Å². The summed E-state index contributed by atoms with van der Waals surface area (Å²) < 4.78 is 5.13. The minimum Gasteiger partial charge on any atom is -0.475 e. The van der Waals surface area contributed by atoms with Crippen LogP contribution in [0.1, 0.15) is 42.0 Å². The van der Waals surface area contributed by atoms with Crippen molar-refractivity contribution in [1.29, 1.82) is 0 Å². The first kappa shape index (κ1) is 14.0. The largest absolute Gasteiger partial charge is 0.475 e. The molecule has 2 amide bonds. The molecule has 0 saturated heterocycles. The first-order valence-corrected chi connectivity index (χ1v) is 7.46. The summed E-state index contributed by atoms with van der Waals surface area (Å²) in [5.41, 5.74) is 0. The molecule has 114 valence electrons. The zero-order chi connectivity index (χ0) is 14.8. The Morgan fingerprint density at radius 2 is 1.81 bits per heavy atom. The van der Waals surface area contributed by atoms with Gasteiger partial charge >= 0.3 is 12.0 Å². The highest BCUT2D eigenvalue weighted by Crippen LogP contribution is 2.33. The molecule has 0 atom stereocenters. The quantitative estimate of drug-likeness (QED) is 0.808. The van der Waals surface area contributed by atoms with E-state index in [9.17, 15) is 9.59 Å². The van der Waals surface area contributed by atoms with Crippen LogP contribution >= 0.6 is 0 Å². The molecule has 2 saturated carbocycles. The van der Waals surface area contributed by atoms with Gasteiger partial charge in [-0.15, -0.1) is 0 Å².